The van der Waals surface area contributed by atoms with Crippen LogP contribution in [0.25, 0.3) is 0 Å². The fourth-order valence-corrected chi connectivity index (χ4v) is 2.20. The Morgan fingerprint density at radius 3 is 2.33 bits per heavy atom. The standard InChI is InChI=1S/C15H13BrFNO3/c1-20-12-4-3-5-13(21-2)14(12)15(19)18-11-8-9(17)6-7-10(11)16/h3-8H,1-2H3,(H,18,19). The lowest BCUT2D eigenvalue weighted by atomic mass is 10.1. The van der Waals surface area contributed by atoms with Crippen molar-refractivity contribution in [3.05, 3.63) is 52.3 Å². The Hall–Kier alpha value is -2.08. The van der Waals surface area contributed by atoms with E-state index >= 15 is 0 Å². The Morgan fingerprint density at radius 1 is 1.14 bits per heavy atom. The third-order valence-corrected chi connectivity index (χ3v) is 3.52. The zero-order valence-corrected chi connectivity index (χ0v) is 13.0. The zero-order valence-electron chi connectivity index (χ0n) is 11.4. The van der Waals surface area contributed by atoms with E-state index in [9.17, 15) is 9.18 Å². The second-order valence-electron chi connectivity index (χ2n) is 4.12. The summed E-state index contributed by atoms with van der Waals surface area (Å²) in [5, 5.41) is 2.63. The summed E-state index contributed by atoms with van der Waals surface area (Å²) in [6.45, 7) is 0. The van der Waals surface area contributed by atoms with Crippen LogP contribution in [-0.2, 0) is 0 Å². The van der Waals surface area contributed by atoms with E-state index in [1.165, 1.54) is 32.4 Å². The van der Waals surface area contributed by atoms with Crippen molar-refractivity contribution in [2.75, 3.05) is 19.5 Å². The van der Waals surface area contributed by atoms with Gasteiger partial charge in [-0.2, -0.15) is 0 Å². The number of hydrogen-bond acceptors (Lipinski definition) is 3. The van der Waals surface area contributed by atoms with Gasteiger partial charge in [0.2, 0.25) is 0 Å². The van der Waals surface area contributed by atoms with Gasteiger partial charge in [-0.15, -0.1) is 0 Å². The van der Waals surface area contributed by atoms with Crippen LogP contribution in [0.2, 0.25) is 0 Å². The summed E-state index contributed by atoms with van der Waals surface area (Å²) in [7, 11) is 2.92. The van der Waals surface area contributed by atoms with Crippen LogP contribution in [0.4, 0.5) is 10.1 Å². The van der Waals surface area contributed by atoms with Gasteiger partial charge in [0, 0.05) is 4.47 Å². The van der Waals surface area contributed by atoms with Crippen molar-refractivity contribution < 1.29 is 18.7 Å². The highest BCUT2D eigenvalue weighted by atomic mass is 79.9. The Balaban J connectivity index is 2.38. The summed E-state index contributed by atoms with van der Waals surface area (Å²) >= 11 is 3.26. The lowest BCUT2D eigenvalue weighted by molar-refractivity contribution is 0.102. The molecule has 0 bridgehead atoms. The molecule has 0 saturated carbocycles. The summed E-state index contributed by atoms with van der Waals surface area (Å²) in [6.07, 6.45) is 0. The van der Waals surface area contributed by atoms with Crippen LogP contribution < -0.4 is 14.8 Å². The number of carbonyl (C=O) groups is 1. The molecular formula is C15H13BrFNO3. The van der Waals surface area contributed by atoms with Crippen molar-refractivity contribution in [1.29, 1.82) is 0 Å². The maximum atomic E-state index is 13.3. The fraction of sp³-hybridized carbons (Fsp3) is 0.133. The van der Waals surface area contributed by atoms with Gasteiger partial charge in [0.05, 0.1) is 19.9 Å². The SMILES string of the molecule is COc1cccc(OC)c1C(=O)Nc1cc(F)ccc1Br. The van der Waals surface area contributed by atoms with Crippen LogP contribution in [0.3, 0.4) is 0 Å². The van der Waals surface area contributed by atoms with Crippen LogP contribution in [0.1, 0.15) is 10.4 Å². The van der Waals surface area contributed by atoms with E-state index in [1.54, 1.807) is 18.2 Å². The number of halogens is 2. The number of benzene rings is 2. The molecule has 0 unspecified atom stereocenters. The predicted octanol–water partition coefficient (Wildman–Crippen LogP) is 3.86. The number of carbonyl (C=O) groups excluding carboxylic acids is 1. The number of hydrogen-bond donors (Lipinski definition) is 1. The van der Waals surface area contributed by atoms with E-state index in [1.807, 2.05) is 0 Å². The third-order valence-electron chi connectivity index (χ3n) is 2.83. The lowest BCUT2D eigenvalue weighted by Crippen LogP contribution is -2.15. The van der Waals surface area contributed by atoms with Crippen molar-refractivity contribution in [2.45, 2.75) is 0 Å². The van der Waals surface area contributed by atoms with E-state index in [0.29, 0.717) is 21.7 Å². The molecule has 1 amide bonds. The van der Waals surface area contributed by atoms with Crippen LogP contribution in [0, 0.1) is 5.82 Å². The topological polar surface area (TPSA) is 47.6 Å². The highest BCUT2D eigenvalue weighted by molar-refractivity contribution is 9.10. The van der Waals surface area contributed by atoms with Gasteiger partial charge in [-0.1, -0.05) is 6.07 Å². The zero-order chi connectivity index (χ0) is 15.4. The molecule has 0 aliphatic rings. The van der Waals surface area contributed by atoms with Gasteiger partial charge in [0.15, 0.2) is 0 Å². The summed E-state index contributed by atoms with van der Waals surface area (Å²) in [5.41, 5.74) is 0.576. The number of ether oxygens (including phenoxy) is 2. The van der Waals surface area contributed by atoms with E-state index in [0.717, 1.165) is 0 Å². The van der Waals surface area contributed by atoms with Gasteiger partial charge in [-0.05, 0) is 46.3 Å². The molecule has 0 atom stereocenters. The van der Waals surface area contributed by atoms with Gasteiger partial charge < -0.3 is 14.8 Å². The Kier molecular flexibility index (Phi) is 4.80. The molecule has 0 heterocycles. The van der Waals surface area contributed by atoms with Gasteiger partial charge in [0.1, 0.15) is 22.9 Å². The number of nitrogens with one attached hydrogen (secondary N) is 1. The lowest BCUT2D eigenvalue weighted by Gasteiger charge is -2.13. The first-order valence-electron chi connectivity index (χ1n) is 6.04. The van der Waals surface area contributed by atoms with Gasteiger partial charge in [-0.3, -0.25) is 4.79 Å². The average molecular weight is 354 g/mol. The molecule has 1 N–H and O–H groups in total. The molecule has 2 aromatic rings. The molecule has 6 heteroatoms. The summed E-state index contributed by atoms with van der Waals surface area (Å²) in [4.78, 5) is 12.4. The van der Waals surface area contributed by atoms with Gasteiger partial charge in [0.25, 0.3) is 5.91 Å². The summed E-state index contributed by atoms with van der Waals surface area (Å²) in [6, 6.07) is 9.06. The molecular weight excluding hydrogens is 341 g/mol. The summed E-state index contributed by atoms with van der Waals surface area (Å²) in [5.74, 6) is -0.144. The van der Waals surface area contributed by atoms with Crippen molar-refractivity contribution >= 4 is 27.5 Å². The predicted molar refractivity (Wildman–Crippen MR) is 81.6 cm³/mol. The van der Waals surface area contributed by atoms with Crippen molar-refractivity contribution in [3.8, 4) is 11.5 Å². The maximum Gasteiger partial charge on any atom is 0.263 e. The molecule has 0 saturated heterocycles. The molecule has 2 aromatic carbocycles. The maximum absolute atomic E-state index is 13.3. The van der Waals surface area contributed by atoms with Crippen LogP contribution in [0.5, 0.6) is 11.5 Å². The second kappa shape index (κ2) is 6.58. The number of amides is 1. The molecule has 0 aromatic heterocycles. The highest BCUT2D eigenvalue weighted by Crippen LogP contribution is 2.30. The normalized spacial score (nSPS) is 10.1. The minimum atomic E-state index is -0.449. The Bertz CT molecular complexity index is 654. The van der Waals surface area contributed by atoms with E-state index in [4.69, 9.17) is 9.47 Å². The van der Waals surface area contributed by atoms with E-state index in [-0.39, 0.29) is 5.56 Å². The smallest absolute Gasteiger partial charge is 0.263 e. The minimum absolute atomic E-state index is 0.249. The van der Waals surface area contributed by atoms with Crippen LogP contribution in [-0.4, -0.2) is 20.1 Å². The monoisotopic (exact) mass is 353 g/mol. The molecule has 110 valence electrons. The molecule has 0 radical (unpaired) electrons. The molecule has 2 rings (SSSR count). The van der Waals surface area contributed by atoms with Crippen molar-refractivity contribution in [3.63, 3.8) is 0 Å². The first kappa shape index (κ1) is 15.3. The Labute approximate surface area is 130 Å². The number of rotatable bonds is 4. The highest BCUT2D eigenvalue weighted by Gasteiger charge is 2.19. The van der Waals surface area contributed by atoms with Crippen LogP contribution >= 0.6 is 15.9 Å². The average Bonchev–Trinajstić information content (AvgIpc) is 2.49. The first-order chi connectivity index (χ1) is 10.1. The molecule has 0 aliphatic carbocycles. The quantitative estimate of drug-likeness (QED) is 0.907. The third kappa shape index (κ3) is 3.33. The van der Waals surface area contributed by atoms with Gasteiger partial charge in [-0.25, -0.2) is 4.39 Å². The number of anilines is 1. The molecule has 21 heavy (non-hydrogen) atoms. The molecule has 4 nitrogen and oxygen atoms in total. The summed E-state index contributed by atoms with van der Waals surface area (Å²) < 4.78 is 24.2. The van der Waals surface area contributed by atoms with Gasteiger partial charge >= 0.3 is 0 Å². The van der Waals surface area contributed by atoms with E-state index in [2.05, 4.69) is 21.2 Å². The van der Waals surface area contributed by atoms with Crippen LogP contribution in [0.15, 0.2) is 40.9 Å². The molecule has 0 fully saturated rings. The van der Waals surface area contributed by atoms with Crippen molar-refractivity contribution in [1.82, 2.24) is 0 Å². The number of methoxy groups -OCH3 is 2. The molecule has 0 spiro atoms. The van der Waals surface area contributed by atoms with E-state index < -0.39 is 11.7 Å². The molecule has 0 aliphatic heterocycles. The first-order valence-corrected chi connectivity index (χ1v) is 6.83. The second-order valence-corrected chi connectivity index (χ2v) is 4.97. The van der Waals surface area contributed by atoms with Crippen molar-refractivity contribution in [2.24, 2.45) is 0 Å². The largest absolute Gasteiger partial charge is 0.496 e. The minimum Gasteiger partial charge on any atom is -0.496 e. The fourth-order valence-electron chi connectivity index (χ4n) is 1.85. The Morgan fingerprint density at radius 2 is 1.76 bits per heavy atom.